The first-order valence-corrected chi connectivity index (χ1v) is 10.1. The molecule has 1 amide bonds. The Morgan fingerprint density at radius 2 is 1.93 bits per heavy atom. The van der Waals surface area contributed by atoms with Crippen molar-refractivity contribution in [1.82, 2.24) is 9.80 Å². The van der Waals surface area contributed by atoms with E-state index in [1.54, 1.807) is 4.90 Å². The van der Waals surface area contributed by atoms with Crippen LogP contribution in [0.15, 0.2) is 54.3 Å². The Labute approximate surface area is 160 Å². The highest BCUT2D eigenvalue weighted by molar-refractivity contribution is 5.75. The second-order valence-corrected chi connectivity index (χ2v) is 8.00. The Bertz CT molecular complexity index is 817. The standard InChI is InChI=1S/C23H26N2O2/c26-23(27-21-16-24-13-10-18(21)11-14-24)25-15-12-17-6-4-5-9-20(17)22(25)19-7-2-1-3-8-19/h2,4-9,12,15,18,21-22H,1,3,10-11,13-14,16H2/t21?,22-/m0/s1. The summed E-state index contributed by atoms with van der Waals surface area (Å²) in [5, 5.41) is 0. The first-order valence-electron chi connectivity index (χ1n) is 10.1. The number of carbonyl (C=O) groups is 1. The normalized spacial score (nSPS) is 31.4. The van der Waals surface area contributed by atoms with Gasteiger partial charge in [0.25, 0.3) is 0 Å². The fourth-order valence-corrected chi connectivity index (χ4v) is 4.89. The SMILES string of the molecule is O=C(OC1CN2CCC1CC2)N1C=Cc2ccccc2[C@@H]1C1=CCCC=C1. The lowest BCUT2D eigenvalue weighted by molar-refractivity contribution is -0.0421. The van der Waals surface area contributed by atoms with Crippen LogP contribution in [-0.2, 0) is 4.74 Å². The number of amides is 1. The molecule has 2 atom stereocenters. The number of fused-ring (bicyclic) bond motifs is 4. The van der Waals surface area contributed by atoms with Gasteiger partial charge < -0.3 is 4.74 Å². The van der Waals surface area contributed by atoms with Crippen molar-refractivity contribution in [3.8, 4) is 0 Å². The summed E-state index contributed by atoms with van der Waals surface area (Å²) >= 11 is 0. The molecule has 6 rings (SSSR count). The van der Waals surface area contributed by atoms with Crippen molar-refractivity contribution in [3.05, 3.63) is 65.4 Å². The number of allylic oxidation sites excluding steroid dienone is 2. The lowest BCUT2D eigenvalue weighted by Crippen LogP contribution is -2.53. The van der Waals surface area contributed by atoms with Gasteiger partial charge in [0.2, 0.25) is 0 Å². The van der Waals surface area contributed by atoms with Crippen LogP contribution in [0.4, 0.5) is 4.79 Å². The van der Waals surface area contributed by atoms with Gasteiger partial charge in [-0.2, -0.15) is 0 Å². The molecule has 1 aromatic rings. The van der Waals surface area contributed by atoms with Crippen LogP contribution in [0.5, 0.6) is 0 Å². The summed E-state index contributed by atoms with van der Waals surface area (Å²) in [6.45, 7) is 3.18. The Morgan fingerprint density at radius 1 is 1.07 bits per heavy atom. The average Bonchev–Trinajstić information content (AvgIpc) is 2.74. The molecule has 0 saturated carbocycles. The summed E-state index contributed by atoms with van der Waals surface area (Å²) in [6.07, 6.45) is 14.8. The molecule has 0 N–H and O–H groups in total. The number of hydrogen-bond donors (Lipinski definition) is 0. The van der Waals surface area contributed by atoms with Crippen LogP contribution in [0.25, 0.3) is 6.08 Å². The van der Waals surface area contributed by atoms with E-state index in [1.807, 2.05) is 18.3 Å². The highest BCUT2D eigenvalue weighted by Crippen LogP contribution is 2.39. The molecule has 5 aliphatic rings. The van der Waals surface area contributed by atoms with Gasteiger partial charge in [-0.3, -0.25) is 9.80 Å². The molecule has 1 unspecified atom stereocenters. The van der Waals surface area contributed by atoms with Crippen molar-refractivity contribution in [2.45, 2.75) is 37.8 Å². The van der Waals surface area contributed by atoms with Gasteiger partial charge in [0.1, 0.15) is 6.10 Å². The number of piperidine rings is 3. The number of rotatable bonds is 2. The highest BCUT2D eigenvalue weighted by atomic mass is 16.6. The van der Waals surface area contributed by atoms with Gasteiger partial charge in [-0.15, -0.1) is 0 Å². The molecule has 0 spiro atoms. The monoisotopic (exact) mass is 362 g/mol. The molecule has 0 aromatic heterocycles. The largest absolute Gasteiger partial charge is 0.444 e. The van der Waals surface area contributed by atoms with Gasteiger partial charge in [-0.1, -0.05) is 42.5 Å². The van der Waals surface area contributed by atoms with Crippen LogP contribution >= 0.6 is 0 Å². The number of nitrogens with zero attached hydrogens (tertiary/aromatic N) is 2. The van der Waals surface area contributed by atoms with E-state index in [4.69, 9.17) is 4.74 Å². The highest BCUT2D eigenvalue weighted by Gasteiger charge is 2.39. The van der Waals surface area contributed by atoms with E-state index >= 15 is 0 Å². The van der Waals surface area contributed by atoms with Crippen LogP contribution in [0.3, 0.4) is 0 Å². The van der Waals surface area contributed by atoms with Crippen molar-refractivity contribution in [3.63, 3.8) is 0 Å². The van der Waals surface area contributed by atoms with E-state index in [0.29, 0.717) is 5.92 Å². The Hall–Kier alpha value is -2.33. The zero-order chi connectivity index (χ0) is 18.2. The van der Waals surface area contributed by atoms with Crippen LogP contribution in [0.2, 0.25) is 0 Å². The molecule has 1 aliphatic carbocycles. The van der Waals surface area contributed by atoms with Gasteiger partial charge in [-0.25, -0.2) is 4.79 Å². The molecule has 4 nitrogen and oxygen atoms in total. The molecule has 3 fully saturated rings. The van der Waals surface area contributed by atoms with E-state index in [0.717, 1.165) is 45.3 Å². The maximum absolute atomic E-state index is 13.2. The van der Waals surface area contributed by atoms with Gasteiger partial charge in [0.05, 0.1) is 6.04 Å². The smallest absolute Gasteiger partial charge is 0.414 e. The number of ether oxygens (including phenoxy) is 1. The fourth-order valence-electron chi connectivity index (χ4n) is 4.89. The molecule has 140 valence electrons. The maximum Gasteiger partial charge on any atom is 0.414 e. The van der Waals surface area contributed by atoms with E-state index in [9.17, 15) is 4.79 Å². The average molecular weight is 362 g/mol. The predicted octanol–water partition coefficient (Wildman–Crippen LogP) is 4.52. The van der Waals surface area contributed by atoms with Crippen LogP contribution in [0.1, 0.15) is 42.9 Å². The zero-order valence-corrected chi connectivity index (χ0v) is 15.6. The second kappa shape index (κ2) is 7.01. The summed E-state index contributed by atoms with van der Waals surface area (Å²) in [5.41, 5.74) is 3.53. The summed E-state index contributed by atoms with van der Waals surface area (Å²) in [6, 6.07) is 8.24. The molecular weight excluding hydrogens is 336 g/mol. The molecule has 27 heavy (non-hydrogen) atoms. The lowest BCUT2D eigenvalue weighted by atomic mass is 9.86. The maximum atomic E-state index is 13.2. The fraction of sp³-hybridized carbons (Fsp3) is 0.435. The third-order valence-corrected chi connectivity index (χ3v) is 6.38. The van der Waals surface area contributed by atoms with Gasteiger partial charge in [0, 0.05) is 12.7 Å². The summed E-state index contributed by atoms with van der Waals surface area (Å²) < 4.78 is 6.04. The molecule has 1 aromatic carbocycles. The van der Waals surface area contributed by atoms with Crippen LogP contribution in [0, 0.1) is 5.92 Å². The summed E-state index contributed by atoms with van der Waals surface area (Å²) in [7, 11) is 0. The molecule has 2 bridgehead atoms. The van der Waals surface area contributed by atoms with Crippen molar-refractivity contribution in [1.29, 1.82) is 0 Å². The summed E-state index contributed by atoms with van der Waals surface area (Å²) in [5.74, 6) is 0.521. The zero-order valence-electron chi connectivity index (χ0n) is 15.6. The number of carbonyl (C=O) groups excluding carboxylic acids is 1. The van der Waals surface area contributed by atoms with Crippen molar-refractivity contribution in [2.24, 2.45) is 5.92 Å². The van der Waals surface area contributed by atoms with E-state index in [-0.39, 0.29) is 18.2 Å². The Balaban J connectivity index is 1.42. The number of benzene rings is 1. The number of hydrogen-bond acceptors (Lipinski definition) is 3. The molecule has 4 aliphatic heterocycles. The second-order valence-electron chi connectivity index (χ2n) is 8.00. The Kier molecular flexibility index (Phi) is 4.36. The minimum atomic E-state index is -0.218. The minimum Gasteiger partial charge on any atom is -0.444 e. The molecule has 4 heteroatoms. The third kappa shape index (κ3) is 3.12. The lowest BCUT2D eigenvalue weighted by Gasteiger charge is -2.44. The third-order valence-electron chi connectivity index (χ3n) is 6.38. The van der Waals surface area contributed by atoms with Gasteiger partial charge in [-0.05, 0) is 67.5 Å². The topological polar surface area (TPSA) is 32.8 Å². The quantitative estimate of drug-likeness (QED) is 0.775. The van der Waals surface area contributed by atoms with E-state index in [2.05, 4.69) is 41.3 Å². The predicted molar refractivity (Wildman–Crippen MR) is 106 cm³/mol. The molecular formula is C23H26N2O2. The van der Waals surface area contributed by atoms with Crippen molar-refractivity contribution < 1.29 is 9.53 Å². The van der Waals surface area contributed by atoms with E-state index in [1.165, 1.54) is 16.7 Å². The Morgan fingerprint density at radius 3 is 2.67 bits per heavy atom. The molecule has 3 saturated heterocycles. The molecule has 0 radical (unpaired) electrons. The minimum absolute atomic E-state index is 0.0297. The van der Waals surface area contributed by atoms with Gasteiger partial charge in [0.15, 0.2) is 0 Å². The van der Waals surface area contributed by atoms with Crippen molar-refractivity contribution in [2.75, 3.05) is 19.6 Å². The van der Waals surface area contributed by atoms with Crippen LogP contribution < -0.4 is 0 Å². The first-order chi connectivity index (χ1) is 13.3. The first kappa shape index (κ1) is 16.8. The van der Waals surface area contributed by atoms with Crippen LogP contribution in [-0.4, -0.2) is 41.6 Å². The summed E-state index contributed by atoms with van der Waals surface area (Å²) in [4.78, 5) is 17.4. The molecule has 4 heterocycles. The van der Waals surface area contributed by atoms with Crippen molar-refractivity contribution >= 4 is 12.2 Å². The van der Waals surface area contributed by atoms with E-state index < -0.39 is 0 Å². The van der Waals surface area contributed by atoms with Gasteiger partial charge >= 0.3 is 6.09 Å².